The maximum atomic E-state index is 14.2. The lowest BCUT2D eigenvalue weighted by Crippen LogP contribution is -2.67. The standard InChI is InChI=1S/C44H58N8O8/c1-28(2)37(48-42(58)51(5)26-32-11-7-9-23-45-32)40(56)47-36(25-31-15-19-35(54)20-16-31)39(55)44(60,22-21-30-13-17-34(53)18-14-30)50-41(57)38(29(3)4)49-43(59)52(6)27-33-12-8-10-24-46-33/h7-20,23-24,28-29,36-39,53-55,60H,21-22,25-27H2,1-6H3,(H,47,56)(H,48,58)(H,49,59)(H,50,57)/t36-,37-,38-,39+,44+/m0/s1. The van der Waals surface area contributed by atoms with Gasteiger partial charge in [-0.25, -0.2) is 9.59 Å². The summed E-state index contributed by atoms with van der Waals surface area (Å²) in [6.07, 6.45) is 1.09. The Hall–Kier alpha value is -6.26. The molecule has 5 atom stereocenters. The predicted molar refractivity (Wildman–Crippen MR) is 225 cm³/mol. The van der Waals surface area contributed by atoms with E-state index in [1.54, 1.807) is 115 Å². The topological polar surface area (TPSA) is 230 Å². The van der Waals surface area contributed by atoms with E-state index in [9.17, 15) is 39.6 Å². The number of urea groups is 2. The molecule has 60 heavy (non-hydrogen) atoms. The number of phenols is 2. The zero-order chi connectivity index (χ0) is 44.0. The number of benzene rings is 2. The number of carbonyl (C=O) groups is 4. The van der Waals surface area contributed by atoms with Crippen LogP contribution < -0.4 is 21.3 Å². The molecule has 2 aromatic heterocycles. The van der Waals surface area contributed by atoms with E-state index in [2.05, 4.69) is 31.2 Å². The largest absolute Gasteiger partial charge is 0.508 e. The molecule has 6 amide bonds. The van der Waals surface area contributed by atoms with Crippen LogP contribution in [-0.2, 0) is 35.5 Å². The molecule has 0 aliphatic heterocycles. The summed E-state index contributed by atoms with van der Waals surface area (Å²) in [5, 5.41) is 55.6. The lowest BCUT2D eigenvalue weighted by Gasteiger charge is -2.40. The van der Waals surface area contributed by atoms with Gasteiger partial charge in [0.25, 0.3) is 0 Å². The molecule has 16 nitrogen and oxygen atoms in total. The van der Waals surface area contributed by atoms with Crippen molar-refractivity contribution < 1.29 is 39.6 Å². The number of phenolic OH excluding ortho intramolecular Hbond substituents is 2. The third kappa shape index (κ3) is 13.7. The number of hydrogen-bond acceptors (Lipinski definition) is 10. The van der Waals surface area contributed by atoms with Crippen molar-refractivity contribution in [3.63, 3.8) is 0 Å². The van der Waals surface area contributed by atoms with E-state index >= 15 is 0 Å². The van der Waals surface area contributed by atoms with Crippen LogP contribution in [0.3, 0.4) is 0 Å². The molecule has 4 rings (SSSR count). The lowest BCUT2D eigenvalue weighted by molar-refractivity contribution is -0.150. The second-order valence-corrected chi connectivity index (χ2v) is 15.7. The minimum atomic E-state index is -2.43. The van der Waals surface area contributed by atoms with Gasteiger partial charge in [-0.15, -0.1) is 0 Å². The first kappa shape index (κ1) is 46.4. The fraction of sp³-hybridized carbons (Fsp3) is 0.409. The van der Waals surface area contributed by atoms with Gasteiger partial charge in [0.15, 0.2) is 5.72 Å². The van der Waals surface area contributed by atoms with E-state index in [-0.39, 0.29) is 43.9 Å². The monoisotopic (exact) mass is 826 g/mol. The Morgan fingerprint density at radius 1 is 0.650 bits per heavy atom. The SMILES string of the molecule is CC(C)[C@H](NC(=O)N(C)Cc1ccccn1)C(=O)N[C@@H](Cc1ccc(O)cc1)[C@@H](O)[C@](O)(CCc1ccc(O)cc1)NC(=O)[C@@H](NC(=O)N(C)Cc1ccccn1)C(C)C. The minimum absolute atomic E-state index is 0.0117. The molecule has 0 aliphatic rings. The van der Waals surface area contributed by atoms with Crippen LogP contribution in [0.25, 0.3) is 0 Å². The van der Waals surface area contributed by atoms with E-state index in [4.69, 9.17) is 0 Å². The highest BCUT2D eigenvalue weighted by molar-refractivity contribution is 5.88. The number of pyridine rings is 2. The van der Waals surface area contributed by atoms with Crippen LogP contribution in [0.5, 0.6) is 11.5 Å². The average Bonchev–Trinajstić information content (AvgIpc) is 3.22. The molecule has 0 saturated carbocycles. The van der Waals surface area contributed by atoms with Crippen LogP contribution in [0, 0.1) is 11.8 Å². The second-order valence-electron chi connectivity index (χ2n) is 15.7. The zero-order valence-electron chi connectivity index (χ0n) is 34.9. The Morgan fingerprint density at radius 2 is 1.10 bits per heavy atom. The van der Waals surface area contributed by atoms with Crippen LogP contribution in [0.4, 0.5) is 9.59 Å². The van der Waals surface area contributed by atoms with Crippen LogP contribution in [-0.4, -0.2) is 108 Å². The maximum Gasteiger partial charge on any atom is 0.318 e. The number of nitrogens with zero attached hydrogens (tertiary/aromatic N) is 4. The van der Waals surface area contributed by atoms with E-state index in [0.717, 1.165) is 0 Å². The first-order valence-electron chi connectivity index (χ1n) is 19.9. The van der Waals surface area contributed by atoms with Crippen molar-refractivity contribution in [1.29, 1.82) is 0 Å². The van der Waals surface area contributed by atoms with Gasteiger partial charge in [0.2, 0.25) is 11.8 Å². The van der Waals surface area contributed by atoms with Gasteiger partial charge < -0.3 is 51.5 Å². The lowest BCUT2D eigenvalue weighted by atomic mass is 9.88. The molecular weight excluding hydrogens is 769 g/mol. The van der Waals surface area contributed by atoms with Gasteiger partial charge in [0.05, 0.1) is 30.5 Å². The van der Waals surface area contributed by atoms with Gasteiger partial charge >= 0.3 is 12.1 Å². The third-order valence-corrected chi connectivity index (χ3v) is 10.1. The Labute approximate surface area is 351 Å². The highest BCUT2D eigenvalue weighted by Crippen LogP contribution is 2.24. The summed E-state index contributed by atoms with van der Waals surface area (Å²) in [7, 11) is 3.12. The molecule has 0 aliphatic carbocycles. The number of aromatic nitrogens is 2. The van der Waals surface area contributed by atoms with Crippen LogP contribution >= 0.6 is 0 Å². The molecule has 2 aromatic carbocycles. The summed E-state index contributed by atoms with van der Waals surface area (Å²) >= 11 is 0. The number of hydrogen-bond donors (Lipinski definition) is 8. The van der Waals surface area contributed by atoms with Gasteiger partial charge in [-0.05, 0) is 84.3 Å². The molecule has 0 unspecified atom stereocenters. The Bertz CT molecular complexity index is 1990. The number of aromatic hydroxyl groups is 2. The first-order chi connectivity index (χ1) is 28.4. The van der Waals surface area contributed by atoms with Crippen molar-refractivity contribution in [3.05, 3.63) is 120 Å². The molecule has 0 saturated heterocycles. The highest BCUT2D eigenvalue weighted by Gasteiger charge is 2.44. The molecule has 16 heteroatoms. The van der Waals surface area contributed by atoms with Crippen molar-refractivity contribution in [2.45, 2.75) is 90.0 Å². The summed E-state index contributed by atoms with van der Waals surface area (Å²) in [5.41, 5.74) is 0.0649. The van der Waals surface area contributed by atoms with Crippen molar-refractivity contribution in [3.8, 4) is 11.5 Å². The molecule has 4 aromatic rings. The van der Waals surface area contributed by atoms with Gasteiger partial charge in [0, 0.05) is 32.9 Å². The van der Waals surface area contributed by atoms with Crippen molar-refractivity contribution in [2.75, 3.05) is 14.1 Å². The van der Waals surface area contributed by atoms with Crippen LogP contribution in [0.2, 0.25) is 0 Å². The average molecular weight is 827 g/mol. The van der Waals surface area contributed by atoms with Gasteiger partial charge in [-0.3, -0.25) is 19.6 Å². The number of carbonyl (C=O) groups excluding carboxylic acids is 4. The fourth-order valence-electron chi connectivity index (χ4n) is 6.48. The smallest absolute Gasteiger partial charge is 0.318 e. The Kier molecular flexibility index (Phi) is 16.8. The quantitative estimate of drug-likeness (QED) is 0.0643. The maximum absolute atomic E-state index is 14.2. The summed E-state index contributed by atoms with van der Waals surface area (Å²) in [6, 6.07) is 18.2. The van der Waals surface area contributed by atoms with Gasteiger partial charge in [-0.2, -0.15) is 0 Å². The third-order valence-electron chi connectivity index (χ3n) is 10.1. The molecule has 0 fully saturated rings. The Balaban J connectivity index is 1.64. The van der Waals surface area contributed by atoms with Gasteiger partial charge in [0.1, 0.15) is 29.7 Å². The number of aliphatic hydroxyl groups excluding tert-OH is 1. The van der Waals surface area contributed by atoms with E-state index < -0.39 is 65.7 Å². The molecule has 0 spiro atoms. The summed E-state index contributed by atoms with van der Waals surface area (Å²) < 4.78 is 0. The number of amides is 6. The Morgan fingerprint density at radius 3 is 1.53 bits per heavy atom. The number of aliphatic hydroxyl groups is 2. The predicted octanol–water partition coefficient (Wildman–Crippen LogP) is 3.45. The molecule has 0 radical (unpaired) electrons. The molecule has 322 valence electrons. The zero-order valence-corrected chi connectivity index (χ0v) is 34.9. The summed E-state index contributed by atoms with van der Waals surface area (Å²) in [4.78, 5) is 66.3. The van der Waals surface area contributed by atoms with E-state index in [1.165, 1.54) is 34.1 Å². The minimum Gasteiger partial charge on any atom is -0.508 e. The van der Waals surface area contributed by atoms with Crippen LogP contribution in [0.15, 0.2) is 97.3 Å². The normalized spacial score (nSPS) is 14.2. The molecule has 0 bridgehead atoms. The highest BCUT2D eigenvalue weighted by atomic mass is 16.4. The summed E-state index contributed by atoms with van der Waals surface area (Å²) in [6.45, 7) is 7.27. The molecular formula is C44H58N8O8. The number of nitrogens with one attached hydrogen (secondary N) is 4. The molecule has 8 N–H and O–H groups in total. The number of aryl methyl sites for hydroxylation is 1. The number of rotatable bonds is 19. The first-order valence-corrected chi connectivity index (χ1v) is 19.9. The van der Waals surface area contributed by atoms with Gasteiger partial charge in [-0.1, -0.05) is 64.1 Å². The van der Waals surface area contributed by atoms with E-state index in [1.807, 2.05) is 0 Å². The second kappa shape index (κ2) is 21.7. The van der Waals surface area contributed by atoms with Crippen LogP contribution in [0.1, 0.15) is 56.6 Å². The fourth-order valence-corrected chi connectivity index (χ4v) is 6.48. The summed E-state index contributed by atoms with van der Waals surface area (Å²) in [5.74, 6) is -2.35. The van der Waals surface area contributed by atoms with E-state index in [0.29, 0.717) is 22.5 Å². The van der Waals surface area contributed by atoms with Crippen molar-refractivity contribution in [1.82, 2.24) is 41.0 Å². The molecule has 2 heterocycles. The van der Waals surface area contributed by atoms with Crippen molar-refractivity contribution >= 4 is 23.9 Å². The van der Waals surface area contributed by atoms with Crippen molar-refractivity contribution in [2.24, 2.45) is 11.8 Å².